The molecule has 3 aromatic rings. The summed E-state index contributed by atoms with van der Waals surface area (Å²) in [4.78, 5) is 29.6. The molecule has 1 unspecified atom stereocenters. The van der Waals surface area contributed by atoms with Crippen LogP contribution >= 0.6 is 23.4 Å². The second kappa shape index (κ2) is 11.0. The van der Waals surface area contributed by atoms with Crippen molar-refractivity contribution in [3.63, 3.8) is 0 Å². The van der Waals surface area contributed by atoms with Crippen molar-refractivity contribution >= 4 is 41.2 Å². The highest BCUT2D eigenvalue weighted by atomic mass is 35.5. The number of ether oxygens (including phenoxy) is 2. The Kier molecular flexibility index (Phi) is 7.77. The van der Waals surface area contributed by atoms with Gasteiger partial charge in [-0.05, 0) is 42.7 Å². The molecule has 2 aromatic carbocycles. The van der Waals surface area contributed by atoms with Crippen LogP contribution < -0.4 is 5.32 Å². The van der Waals surface area contributed by atoms with Crippen LogP contribution in [-0.4, -0.2) is 40.4 Å². The summed E-state index contributed by atoms with van der Waals surface area (Å²) in [6.07, 6.45) is 0.710. The molecule has 1 aliphatic rings. The number of carbonyl (C=O) groups is 2. The molecule has 1 aromatic heterocycles. The van der Waals surface area contributed by atoms with Gasteiger partial charge in [-0.15, -0.1) is 5.10 Å². The van der Waals surface area contributed by atoms with Crippen LogP contribution in [0.1, 0.15) is 47.8 Å². The minimum absolute atomic E-state index is 0.312. The van der Waals surface area contributed by atoms with E-state index < -0.39 is 18.0 Å². The van der Waals surface area contributed by atoms with Gasteiger partial charge in [-0.2, -0.15) is 4.98 Å². The smallest absolute Gasteiger partial charge is 0.338 e. The van der Waals surface area contributed by atoms with E-state index in [1.54, 1.807) is 28.9 Å². The Bertz CT molecular complexity index is 1270. The molecule has 35 heavy (non-hydrogen) atoms. The molecule has 0 radical (unpaired) electrons. The van der Waals surface area contributed by atoms with E-state index >= 15 is 0 Å². The molecule has 0 bridgehead atoms. The van der Waals surface area contributed by atoms with Gasteiger partial charge in [0.25, 0.3) is 0 Å². The van der Waals surface area contributed by atoms with E-state index in [0.717, 1.165) is 11.1 Å². The van der Waals surface area contributed by atoms with E-state index in [9.17, 15) is 9.59 Å². The first-order valence-corrected chi connectivity index (χ1v) is 12.4. The van der Waals surface area contributed by atoms with Gasteiger partial charge in [0.05, 0.1) is 24.9 Å². The standard InChI is InChI=1S/C25H25ClN4O4S/c1-4-13-34-23(32)20-15(2)27-24-28-25(35-14-18-7-5-6-8-19(18)26)29-30(24)21(20)16-9-11-17(12-10-16)22(31)33-3/h5-12,21H,4,13-14H2,1-3H3,(H,27,28,29). The Hall–Kier alpha value is -3.30. The fraction of sp³-hybridized carbons (Fsp3) is 0.280. The van der Waals surface area contributed by atoms with Crippen LogP contribution in [0.3, 0.4) is 0 Å². The van der Waals surface area contributed by atoms with Crippen molar-refractivity contribution in [2.75, 3.05) is 19.0 Å². The van der Waals surface area contributed by atoms with E-state index in [1.807, 2.05) is 38.1 Å². The number of thioether (sulfide) groups is 1. The Balaban J connectivity index is 1.69. The number of halogens is 1. The minimum Gasteiger partial charge on any atom is -0.465 e. The van der Waals surface area contributed by atoms with Crippen molar-refractivity contribution in [3.8, 4) is 0 Å². The predicted molar refractivity (Wildman–Crippen MR) is 135 cm³/mol. The number of rotatable bonds is 8. The number of nitrogens with one attached hydrogen (secondary N) is 1. The van der Waals surface area contributed by atoms with Crippen LogP contribution in [0.15, 0.2) is 65.0 Å². The minimum atomic E-state index is -0.579. The average Bonchev–Trinajstić information content (AvgIpc) is 3.27. The molecule has 0 saturated heterocycles. The molecule has 0 aliphatic carbocycles. The third kappa shape index (κ3) is 5.36. The van der Waals surface area contributed by atoms with Crippen LogP contribution in [0.25, 0.3) is 0 Å². The number of aromatic nitrogens is 3. The summed E-state index contributed by atoms with van der Waals surface area (Å²) >= 11 is 7.74. The summed E-state index contributed by atoms with van der Waals surface area (Å²) in [6.45, 7) is 4.06. The van der Waals surface area contributed by atoms with Crippen molar-refractivity contribution in [1.29, 1.82) is 0 Å². The van der Waals surface area contributed by atoms with Crippen LogP contribution in [-0.2, 0) is 20.0 Å². The van der Waals surface area contributed by atoms with Gasteiger partial charge in [-0.25, -0.2) is 14.3 Å². The van der Waals surface area contributed by atoms with Crippen molar-refractivity contribution in [2.45, 2.75) is 37.2 Å². The van der Waals surface area contributed by atoms with Crippen LogP contribution in [0.5, 0.6) is 0 Å². The van der Waals surface area contributed by atoms with Crippen molar-refractivity contribution < 1.29 is 19.1 Å². The predicted octanol–water partition coefficient (Wildman–Crippen LogP) is 5.25. The number of hydrogen-bond donors (Lipinski definition) is 1. The maximum atomic E-state index is 13.1. The number of allylic oxidation sites excluding steroid dienone is 1. The van der Waals surface area contributed by atoms with Gasteiger partial charge in [0.2, 0.25) is 11.1 Å². The number of methoxy groups -OCH3 is 1. The second-order valence-corrected chi connectivity index (χ2v) is 9.21. The lowest BCUT2D eigenvalue weighted by atomic mass is 9.95. The van der Waals surface area contributed by atoms with E-state index in [1.165, 1.54) is 18.9 Å². The molecule has 8 nitrogen and oxygen atoms in total. The van der Waals surface area contributed by atoms with E-state index in [4.69, 9.17) is 26.2 Å². The molecule has 1 aliphatic heterocycles. The highest BCUT2D eigenvalue weighted by Crippen LogP contribution is 2.37. The number of carbonyl (C=O) groups excluding carboxylic acids is 2. The van der Waals surface area contributed by atoms with E-state index in [-0.39, 0.29) is 0 Å². The zero-order valence-corrected chi connectivity index (χ0v) is 21.2. The molecule has 182 valence electrons. The van der Waals surface area contributed by atoms with Crippen LogP contribution in [0.4, 0.5) is 5.95 Å². The highest BCUT2D eigenvalue weighted by Gasteiger charge is 2.35. The monoisotopic (exact) mass is 512 g/mol. The maximum absolute atomic E-state index is 13.1. The van der Waals surface area contributed by atoms with Gasteiger partial charge >= 0.3 is 11.9 Å². The zero-order valence-electron chi connectivity index (χ0n) is 19.6. The lowest BCUT2D eigenvalue weighted by Gasteiger charge is -2.28. The first-order valence-electron chi connectivity index (χ1n) is 11.1. The Morgan fingerprint density at radius 1 is 1.14 bits per heavy atom. The van der Waals surface area contributed by atoms with Crippen molar-refractivity contribution in [2.24, 2.45) is 0 Å². The molecular weight excluding hydrogens is 488 g/mol. The lowest BCUT2D eigenvalue weighted by Crippen LogP contribution is -2.29. The largest absolute Gasteiger partial charge is 0.465 e. The number of hydrogen-bond acceptors (Lipinski definition) is 8. The van der Waals surface area contributed by atoms with E-state index in [2.05, 4.69) is 10.3 Å². The Morgan fingerprint density at radius 3 is 2.57 bits per heavy atom. The number of anilines is 1. The first-order chi connectivity index (χ1) is 16.9. The molecule has 10 heteroatoms. The number of benzene rings is 2. The third-order valence-corrected chi connectivity index (χ3v) is 6.71. The summed E-state index contributed by atoms with van der Waals surface area (Å²) in [5.41, 5.74) is 3.22. The lowest BCUT2D eigenvalue weighted by molar-refractivity contribution is -0.139. The molecule has 0 fully saturated rings. The zero-order chi connectivity index (χ0) is 24.9. The normalized spacial score (nSPS) is 14.8. The Morgan fingerprint density at radius 2 is 1.89 bits per heavy atom. The van der Waals surface area contributed by atoms with Gasteiger partial charge in [0.15, 0.2) is 0 Å². The number of fused-ring (bicyclic) bond motifs is 1. The molecule has 4 rings (SSSR count). The fourth-order valence-electron chi connectivity index (χ4n) is 3.71. The number of esters is 2. The summed E-state index contributed by atoms with van der Waals surface area (Å²) in [6, 6.07) is 13.9. The summed E-state index contributed by atoms with van der Waals surface area (Å²) < 4.78 is 12.0. The van der Waals surface area contributed by atoms with Gasteiger partial charge in [-0.1, -0.05) is 60.6 Å². The third-order valence-electron chi connectivity index (χ3n) is 5.45. The first kappa shape index (κ1) is 24.8. The fourth-order valence-corrected chi connectivity index (χ4v) is 4.83. The SMILES string of the molecule is CCCOC(=O)C1=C(C)Nc2nc(SCc3ccccc3Cl)nn2C1c1ccc(C(=O)OC)cc1. The maximum Gasteiger partial charge on any atom is 0.338 e. The van der Waals surface area contributed by atoms with E-state index in [0.29, 0.717) is 51.7 Å². The van der Waals surface area contributed by atoms with Gasteiger partial charge < -0.3 is 14.8 Å². The second-order valence-electron chi connectivity index (χ2n) is 7.86. The van der Waals surface area contributed by atoms with Gasteiger partial charge in [0, 0.05) is 16.5 Å². The van der Waals surface area contributed by atoms with Crippen molar-refractivity contribution in [1.82, 2.24) is 14.8 Å². The molecule has 0 spiro atoms. The van der Waals surface area contributed by atoms with Crippen molar-refractivity contribution in [3.05, 3.63) is 81.5 Å². The van der Waals surface area contributed by atoms with Crippen LogP contribution in [0.2, 0.25) is 5.02 Å². The summed E-state index contributed by atoms with van der Waals surface area (Å²) in [5, 5.41) is 9.12. The summed E-state index contributed by atoms with van der Waals surface area (Å²) in [7, 11) is 1.33. The molecule has 1 atom stereocenters. The molecular formula is C25H25ClN4O4S. The molecule has 0 saturated carbocycles. The van der Waals surface area contributed by atoms with Gasteiger partial charge in [-0.3, -0.25) is 0 Å². The Labute approximate surface area is 212 Å². The molecule has 2 heterocycles. The van der Waals surface area contributed by atoms with Crippen LogP contribution in [0, 0.1) is 0 Å². The molecule has 1 N–H and O–H groups in total. The van der Waals surface area contributed by atoms with Gasteiger partial charge in [0.1, 0.15) is 6.04 Å². The molecule has 0 amide bonds. The quantitative estimate of drug-likeness (QED) is 0.323. The average molecular weight is 513 g/mol. The number of nitrogens with zero attached hydrogens (tertiary/aromatic N) is 3. The highest BCUT2D eigenvalue weighted by molar-refractivity contribution is 7.98. The summed E-state index contributed by atoms with van der Waals surface area (Å²) in [5.74, 6) is 0.249. The topological polar surface area (TPSA) is 95.3 Å².